The smallest absolute Gasteiger partial charge is 0.408 e. The van der Waals surface area contributed by atoms with Crippen LogP contribution in [0.2, 0.25) is 0 Å². The van der Waals surface area contributed by atoms with Crippen molar-refractivity contribution in [2.45, 2.75) is 31.5 Å². The van der Waals surface area contributed by atoms with E-state index in [0.29, 0.717) is 0 Å². The van der Waals surface area contributed by atoms with E-state index in [1.165, 1.54) is 0 Å². The first kappa shape index (κ1) is 18.2. The number of hydrogen-bond acceptors (Lipinski definition) is 5. The Morgan fingerprint density at radius 1 is 1.12 bits per heavy atom. The van der Waals surface area contributed by atoms with E-state index in [1.54, 1.807) is 24.3 Å². The molecule has 1 aromatic rings. The van der Waals surface area contributed by atoms with Gasteiger partial charge >= 0.3 is 18.0 Å². The summed E-state index contributed by atoms with van der Waals surface area (Å²) in [5.74, 6) is -2.85. The maximum atomic E-state index is 12.0. The number of rotatable bonds is 8. The lowest BCUT2D eigenvalue weighted by molar-refractivity contribution is -0.159. The summed E-state index contributed by atoms with van der Waals surface area (Å²) in [5.41, 5.74) is 0.771. The van der Waals surface area contributed by atoms with Gasteiger partial charge in [0.05, 0.1) is 6.04 Å². The number of carboxylic acids is 2. The molecule has 25 heavy (non-hydrogen) atoms. The van der Waals surface area contributed by atoms with Crippen LogP contribution in [-0.4, -0.2) is 57.7 Å². The summed E-state index contributed by atoms with van der Waals surface area (Å²) >= 11 is 0. The second kappa shape index (κ2) is 8.13. The average Bonchev–Trinajstić information content (AvgIpc) is 2.58. The topological polar surface area (TPSA) is 133 Å². The fourth-order valence-electron chi connectivity index (χ4n) is 2.59. The van der Waals surface area contributed by atoms with Crippen molar-refractivity contribution >= 4 is 23.9 Å². The molecule has 0 aliphatic carbocycles. The largest absolute Gasteiger partial charge is 0.481 e. The van der Waals surface area contributed by atoms with Crippen LogP contribution in [0.25, 0.3) is 0 Å². The second-order valence-electron chi connectivity index (χ2n) is 5.54. The van der Waals surface area contributed by atoms with Gasteiger partial charge in [-0.3, -0.25) is 14.4 Å². The predicted octanol–water partition coefficient (Wildman–Crippen LogP) is 0.442. The highest BCUT2D eigenvalue weighted by Gasteiger charge is 2.48. The van der Waals surface area contributed by atoms with Gasteiger partial charge in [0.1, 0.15) is 19.2 Å². The van der Waals surface area contributed by atoms with Gasteiger partial charge in [-0.15, -0.1) is 0 Å². The highest BCUT2D eigenvalue weighted by molar-refractivity contribution is 5.94. The van der Waals surface area contributed by atoms with Crippen molar-refractivity contribution in [1.82, 2.24) is 10.2 Å². The third-order valence-corrected chi connectivity index (χ3v) is 3.78. The molecular weight excluding hydrogens is 332 g/mol. The number of ether oxygens (including phenoxy) is 1. The fourth-order valence-corrected chi connectivity index (χ4v) is 2.59. The Labute approximate surface area is 143 Å². The first-order valence-corrected chi connectivity index (χ1v) is 7.59. The van der Waals surface area contributed by atoms with Crippen molar-refractivity contribution < 1.29 is 34.1 Å². The molecule has 2 rings (SSSR count). The molecule has 0 radical (unpaired) electrons. The van der Waals surface area contributed by atoms with Gasteiger partial charge in [-0.1, -0.05) is 30.3 Å². The lowest BCUT2D eigenvalue weighted by Crippen LogP contribution is -2.71. The van der Waals surface area contributed by atoms with Crippen molar-refractivity contribution in [3.63, 3.8) is 0 Å². The van der Waals surface area contributed by atoms with Crippen molar-refractivity contribution in [3.05, 3.63) is 35.9 Å². The number of carboxylic acid groups (broad SMARTS) is 2. The highest BCUT2D eigenvalue weighted by Crippen LogP contribution is 2.24. The summed E-state index contributed by atoms with van der Waals surface area (Å²) in [6.07, 6.45) is -1.03. The van der Waals surface area contributed by atoms with E-state index in [9.17, 15) is 19.2 Å². The molecule has 0 saturated carbocycles. The molecule has 0 spiro atoms. The Balaban J connectivity index is 1.91. The Kier molecular flexibility index (Phi) is 5.93. The average molecular weight is 350 g/mol. The van der Waals surface area contributed by atoms with Crippen LogP contribution in [0.15, 0.2) is 30.3 Å². The van der Waals surface area contributed by atoms with Gasteiger partial charge in [-0.05, 0) is 12.0 Å². The zero-order chi connectivity index (χ0) is 18.4. The number of carbonyl (C=O) groups excluding carboxylic acids is 2. The molecule has 1 aliphatic heterocycles. The zero-order valence-corrected chi connectivity index (χ0v) is 13.3. The van der Waals surface area contributed by atoms with Gasteiger partial charge in [0.25, 0.3) is 0 Å². The first-order chi connectivity index (χ1) is 11.9. The van der Waals surface area contributed by atoms with Crippen LogP contribution in [0.1, 0.15) is 18.4 Å². The van der Waals surface area contributed by atoms with E-state index in [4.69, 9.17) is 14.9 Å². The molecule has 2 atom stereocenters. The molecule has 134 valence electrons. The number of nitrogens with zero attached hydrogens (tertiary/aromatic N) is 1. The van der Waals surface area contributed by atoms with Gasteiger partial charge in [-0.25, -0.2) is 4.79 Å². The van der Waals surface area contributed by atoms with Crippen LogP contribution in [0.3, 0.4) is 0 Å². The zero-order valence-electron chi connectivity index (χ0n) is 13.3. The van der Waals surface area contributed by atoms with E-state index < -0.39 is 42.6 Å². The van der Waals surface area contributed by atoms with Crippen molar-refractivity contribution in [2.75, 3.05) is 6.54 Å². The molecule has 2 amide bonds. The van der Waals surface area contributed by atoms with E-state index >= 15 is 0 Å². The molecule has 1 heterocycles. The lowest BCUT2D eigenvalue weighted by Gasteiger charge is -2.46. The summed E-state index contributed by atoms with van der Waals surface area (Å²) in [4.78, 5) is 46.4. The van der Waals surface area contributed by atoms with Crippen molar-refractivity contribution in [1.29, 1.82) is 0 Å². The number of hydrogen-bond donors (Lipinski definition) is 3. The summed E-state index contributed by atoms with van der Waals surface area (Å²) in [6.45, 7) is -0.521. The highest BCUT2D eigenvalue weighted by atomic mass is 16.5. The molecule has 1 fully saturated rings. The fraction of sp³-hybridized carbons (Fsp3) is 0.375. The molecule has 2 unspecified atom stereocenters. The van der Waals surface area contributed by atoms with Crippen LogP contribution < -0.4 is 5.32 Å². The van der Waals surface area contributed by atoms with E-state index in [2.05, 4.69) is 5.32 Å². The molecular formula is C16H18N2O7. The standard InChI is InChI=1S/C16H18N2O7/c19-12(20)7-6-11-14(15(23)18(11)8-13(21)22)17-16(24)25-9-10-4-2-1-3-5-10/h1-5,11,14H,6-9H2,(H,17,24)(H,19,20)(H,21,22). The lowest BCUT2D eigenvalue weighted by atomic mass is 9.91. The summed E-state index contributed by atoms with van der Waals surface area (Å²) in [5, 5.41) is 20.0. The normalized spacial score (nSPS) is 19.0. The summed E-state index contributed by atoms with van der Waals surface area (Å²) in [6, 6.07) is 7.26. The van der Waals surface area contributed by atoms with Crippen LogP contribution in [0.5, 0.6) is 0 Å². The minimum Gasteiger partial charge on any atom is -0.481 e. The predicted molar refractivity (Wildman–Crippen MR) is 83.6 cm³/mol. The van der Waals surface area contributed by atoms with E-state index in [1.807, 2.05) is 6.07 Å². The molecule has 1 saturated heterocycles. The molecule has 3 N–H and O–H groups in total. The second-order valence-corrected chi connectivity index (χ2v) is 5.54. The number of nitrogens with one attached hydrogen (secondary N) is 1. The Morgan fingerprint density at radius 3 is 2.40 bits per heavy atom. The van der Waals surface area contributed by atoms with Gasteiger partial charge in [0, 0.05) is 6.42 Å². The van der Waals surface area contributed by atoms with E-state index in [0.717, 1.165) is 10.5 Å². The first-order valence-electron chi connectivity index (χ1n) is 7.59. The monoisotopic (exact) mass is 350 g/mol. The number of amides is 2. The third kappa shape index (κ3) is 4.93. The minimum absolute atomic E-state index is 0.0201. The number of β-lactam (4-membered cyclic amide) rings is 1. The van der Waals surface area contributed by atoms with Gasteiger partial charge in [-0.2, -0.15) is 0 Å². The van der Waals surface area contributed by atoms with Crippen molar-refractivity contribution in [2.24, 2.45) is 0 Å². The molecule has 1 aromatic carbocycles. The van der Waals surface area contributed by atoms with Crippen LogP contribution >= 0.6 is 0 Å². The van der Waals surface area contributed by atoms with Crippen LogP contribution in [0, 0.1) is 0 Å². The van der Waals surface area contributed by atoms with E-state index in [-0.39, 0.29) is 19.4 Å². The molecule has 9 nitrogen and oxygen atoms in total. The summed E-state index contributed by atoms with van der Waals surface area (Å²) in [7, 11) is 0. The molecule has 9 heteroatoms. The molecule has 0 bridgehead atoms. The Hall–Kier alpha value is -3.10. The SMILES string of the molecule is O=C(O)CCC1C(NC(=O)OCc2ccccc2)C(=O)N1CC(=O)O. The Bertz CT molecular complexity index is 662. The number of alkyl carbamates (subject to hydrolysis) is 1. The van der Waals surface area contributed by atoms with Crippen LogP contribution in [-0.2, 0) is 25.7 Å². The number of benzene rings is 1. The third-order valence-electron chi connectivity index (χ3n) is 3.78. The number of aliphatic carboxylic acids is 2. The summed E-state index contributed by atoms with van der Waals surface area (Å²) < 4.78 is 5.02. The molecule has 0 aromatic heterocycles. The minimum atomic E-state index is -1.21. The number of carbonyl (C=O) groups is 4. The Morgan fingerprint density at radius 2 is 1.80 bits per heavy atom. The van der Waals surface area contributed by atoms with Gasteiger partial charge < -0.3 is 25.2 Å². The number of likely N-dealkylation sites (tertiary alicyclic amines) is 1. The maximum absolute atomic E-state index is 12.0. The maximum Gasteiger partial charge on any atom is 0.408 e. The van der Waals surface area contributed by atoms with Crippen LogP contribution in [0.4, 0.5) is 4.79 Å². The van der Waals surface area contributed by atoms with Gasteiger partial charge in [0.15, 0.2) is 0 Å². The molecule has 1 aliphatic rings. The van der Waals surface area contributed by atoms with Crippen molar-refractivity contribution in [3.8, 4) is 0 Å². The van der Waals surface area contributed by atoms with Gasteiger partial charge in [0.2, 0.25) is 5.91 Å². The quantitative estimate of drug-likeness (QED) is 0.579.